The Morgan fingerprint density at radius 2 is 1.43 bits per heavy atom. The lowest BCUT2D eigenvalue weighted by atomic mass is 9.71. The van der Waals surface area contributed by atoms with Crippen LogP contribution in [0.25, 0.3) is 0 Å². The van der Waals surface area contributed by atoms with Crippen LogP contribution in [-0.4, -0.2) is 18.3 Å². The first-order chi connectivity index (χ1) is 9.53. The normalized spacial score (nSPS) is 20.1. The van der Waals surface area contributed by atoms with E-state index in [1.807, 2.05) is 0 Å². The third-order valence-corrected chi connectivity index (χ3v) is 6.68. The lowest BCUT2D eigenvalue weighted by Crippen LogP contribution is -2.41. The maximum Gasteiger partial charge on any atom is 0.495 e. The van der Waals surface area contributed by atoms with Crippen LogP contribution in [0.4, 0.5) is 0 Å². The molecule has 1 saturated heterocycles. The number of hydrogen-bond acceptors (Lipinski definition) is 3. The summed E-state index contributed by atoms with van der Waals surface area (Å²) in [6.45, 7) is 15.3. The summed E-state index contributed by atoms with van der Waals surface area (Å²) in [6.07, 6.45) is 0. The second-order valence-corrected chi connectivity index (χ2v) is 7.95. The lowest BCUT2D eigenvalue weighted by Gasteiger charge is -2.32. The molecule has 1 aliphatic rings. The van der Waals surface area contributed by atoms with E-state index < -0.39 is 0 Å². The Morgan fingerprint density at radius 3 is 1.86 bits per heavy atom. The van der Waals surface area contributed by atoms with Gasteiger partial charge in [-0.25, -0.2) is 0 Å². The van der Waals surface area contributed by atoms with Gasteiger partial charge in [0.15, 0.2) is 0 Å². The quantitative estimate of drug-likeness (QED) is 0.613. The Kier molecular flexibility index (Phi) is 4.53. The first-order valence-corrected chi connectivity index (χ1v) is 8.45. The van der Waals surface area contributed by atoms with Gasteiger partial charge in [0.2, 0.25) is 0 Å². The molecule has 2 N–H and O–H groups in total. The van der Waals surface area contributed by atoms with Gasteiger partial charge in [-0.1, -0.05) is 0 Å². The van der Waals surface area contributed by atoms with Crippen molar-refractivity contribution in [2.45, 2.75) is 66.2 Å². The summed E-state index contributed by atoms with van der Waals surface area (Å²) >= 11 is 2.40. The first kappa shape index (κ1) is 17.3. The third-order valence-electron chi connectivity index (χ3n) is 5.06. The fourth-order valence-electron chi connectivity index (χ4n) is 2.88. The fourth-order valence-corrected chi connectivity index (χ4v) is 3.49. The Balaban J connectivity index is 2.59. The molecule has 0 aromatic heterocycles. The Hall–Kier alpha value is -0.105. The second-order valence-electron chi connectivity index (χ2n) is 6.87. The van der Waals surface area contributed by atoms with Crippen LogP contribution in [0.5, 0.6) is 0 Å². The van der Waals surface area contributed by atoms with Crippen molar-refractivity contribution >= 4 is 35.2 Å². The van der Waals surface area contributed by atoms with Crippen molar-refractivity contribution in [3.63, 3.8) is 0 Å². The molecule has 0 aliphatic carbocycles. The van der Waals surface area contributed by atoms with Gasteiger partial charge < -0.3 is 15.0 Å². The van der Waals surface area contributed by atoms with Crippen molar-refractivity contribution in [1.29, 1.82) is 0 Å². The zero-order valence-electron chi connectivity index (χ0n) is 14.1. The standard InChI is InChI=1S/C16H25BINO2/c1-9-12(8-19)10(2)14(18)11(3)13(9)17-20-15(4,5)16(6,7)21-17/h8,19H2,1-7H3. The highest BCUT2D eigenvalue weighted by Crippen LogP contribution is 2.37. The molecule has 0 atom stereocenters. The van der Waals surface area contributed by atoms with Gasteiger partial charge in [0.25, 0.3) is 0 Å². The average molecular weight is 401 g/mol. The Labute approximate surface area is 142 Å². The molecule has 0 amide bonds. The van der Waals surface area contributed by atoms with E-state index in [1.165, 1.54) is 25.8 Å². The van der Waals surface area contributed by atoms with Crippen molar-refractivity contribution in [2.24, 2.45) is 5.73 Å². The molecule has 0 unspecified atom stereocenters. The fraction of sp³-hybridized carbons (Fsp3) is 0.625. The van der Waals surface area contributed by atoms with Crippen molar-refractivity contribution in [3.8, 4) is 0 Å². The van der Waals surface area contributed by atoms with Gasteiger partial charge in [0, 0.05) is 10.1 Å². The minimum absolute atomic E-state index is 0.324. The molecule has 0 saturated carbocycles. The van der Waals surface area contributed by atoms with Gasteiger partial charge in [-0.15, -0.1) is 0 Å². The highest BCUT2D eigenvalue weighted by molar-refractivity contribution is 14.1. The van der Waals surface area contributed by atoms with E-state index in [4.69, 9.17) is 15.0 Å². The molecule has 5 heteroatoms. The SMILES string of the molecule is Cc1c(I)c(C)c(B2OC(C)(C)C(C)(C)O2)c(C)c1CN. The summed E-state index contributed by atoms with van der Waals surface area (Å²) in [5.74, 6) is 0. The molecule has 0 spiro atoms. The number of rotatable bonds is 2. The van der Waals surface area contributed by atoms with Crippen LogP contribution < -0.4 is 11.2 Å². The van der Waals surface area contributed by atoms with E-state index in [9.17, 15) is 0 Å². The minimum atomic E-state index is -0.325. The predicted molar refractivity (Wildman–Crippen MR) is 97.0 cm³/mol. The van der Waals surface area contributed by atoms with Gasteiger partial charge >= 0.3 is 7.12 Å². The van der Waals surface area contributed by atoms with E-state index in [0.717, 1.165) is 5.46 Å². The highest BCUT2D eigenvalue weighted by Gasteiger charge is 2.52. The van der Waals surface area contributed by atoms with E-state index in [-0.39, 0.29) is 18.3 Å². The zero-order chi connectivity index (χ0) is 16.2. The minimum Gasteiger partial charge on any atom is -0.399 e. The molecule has 1 heterocycles. The zero-order valence-corrected chi connectivity index (χ0v) is 16.2. The van der Waals surface area contributed by atoms with Gasteiger partial charge in [-0.2, -0.15) is 0 Å². The summed E-state index contributed by atoms with van der Waals surface area (Å²) in [5.41, 5.74) is 11.4. The molecule has 2 rings (SSSR count). The summed E-state index contributed by atoms with van der Waals surface area (Å²) < 4.78 is 13.7. The highest BCUT2D eigenvalue weighted by atomic mass is 127. The molecular formula is C16H25BINO2. The van der Waals surface area contributed by atoms with E-state index >= 15 is 0 Å². The maximum atomic E-state index is 6.24. The number of halogens is 1. The summed E-state index contributed by atoms with van der Waals surface area (Å²) in [4.78, 5) is 0. The topological polar surface area (TPSA) is 44.5 Å². The van der Waals surface area contributed by atoms with Crippen LogP contribution in [-0.2, 0) is 15.9 Å². The van der Waals surface area contributed by atoms with Crippen LogP contribution in [0.3, 0.4) is 0 Å². The van der Waals surface area contributed by atoms with Crippen molar-refractivity contribution in [1.82, 2.24) is 0 Å². The van der Waals surface area contributed by atoms with Gasteiger partial charge in [0.05, 0.1) is 11.2 Å². The lowest BCUT2D eigenvalue weighted by molar-refractivity contribution is 0.00578. The summed E-state index contributed by atoms with van der Waals surface area (Å²) in [6, 6.07) is 0. The molecule has 1 aromatic rings. The first-order valence-electron chi connectivity index (χ1n) is 7.37. The van der Waals surface area contributed by atoms with Crippen molar-refractivity contribution in [2.75, 3.05) is 0 Å². The van der Waals surface area contributed by atoms with Crippen LogP contribution in [0.2, 0.25) is 0 Å². The van der Waals surface area contributed by atoms with Crippen molar-refractivity contribution in [3.05, 3.63) is 25.8 Å². The van der Waals surface area contributed by atoms with E-state index in [1.54, 1.807) is 0 Å². The number of benzene rings is 1. The summed E-state index contributed by atoms with van der Waals surface area (Å²) in [7, 11) is -0.325. The van der Waals surface area contributed by atoms with Crippen LogP contribution in [0.1, 0.15) is 49.9 Å². The van der Waals surface area contributed by atoms with Gasteiger partial charge in [0.1, 0.15) is 0 Å². The third kappa shape index (κ3) is 2.66. The van der Waals surface area contributed by atoms with Crippen LogP contribution in [0.15, 0.2) is 0 Å². The molecule has 1 aliphatic heterocycles. The number of hydrogen-bond donors (Lipinski definition) is 1. The molecule has 0 bridgehead atoms. The molecule has 21 heavy (non-hydrogen) atoms. The van der Waals surface area contributed by atoms with Crippen LogP contribution in [0, 0.1) is 24.3 Å². The largest absolute Gasteiger partial charge is 0.495 e. The average Bonchev–Trinajstić information content (AvgIpc) is 2.56. The van der Waals surface area contributed by atoms with Crippen molar-refractivity contribution < 1.29 is 9.31 Å². The van der Waals surface area contributed by atoms with Gasteiger partial charge in [-0.05, 0) is 98.8 Å². The molecule has 1 aromatic carbocycles. The molecule has 0 radical (unpaired) electrons. The smallest absolute Gasteiger partial charge is 0.399 e. The second kappa shape index (κ2) is 5.51. The molecular weight excluding hydrogens is 376 g/mol. The number of nitrogens with two attached hydrogens (primary N) is 1. The Bertz CT molecular complexity index is 568. The predicted octanol–water partition coefficient (Wildman–Crippen LogP) is 2.97. The summed E-state index contributed by atoms with van der Waals surface area (Å²) in [5, 5.41) is 0. The molecule has 116 valence electrons. The molecule has 1 fully saturated rings. The van der Waals surface area contributed by atoms with E-state index in [0.29, 0.717) is 6.54 Å². The monoisotopic (exact) mass is 401 g/mol. The molecule has 3 nitrogen and oxygen atoms in total. The van der Waals surface area contributed by atoms with Gasteiger partial charge in [-0.3, -0.25) is 0 Å². The Morgan fingerprint density at radius 1 is 0.952 bits per heavy atom. The van der Waals surface area contributed by atoms with E-state index in [2.05, 4.69) is 71.1 Å². The maximum absolute atomic E-state index is 6.24. The van der Waals surface area contributed by atoms with Crippen LogP contribution >= 0.6 is 22.6 Å².